The van der Waals surface area contributed by atoms with Crippen molar-refractivity contribution in [2.45, 2.75) is 38.3 Å². The van der Waals surface area contributed by atoms with Crippen molar-refractivity contribution in [2.24, 2.45) is 0 Å². The standard InChI is InChI=1S/C23H19F6N5O2/c1-11(24)18-10-36-22(35)34(18)20-4-6-31-21(33-20)32-12(2)14-8-17(26)15(9-16(14)25)13-3-5-30-19(7-13)23(27,28)29/h3-9,11-12,18H,10H2,1-2H3,(H,31,32,33)/t11-,12-,18+/m0/s1. The molecule has 1 saturated heterocycles. The minimum absolute atomic E-state index is 0.0526. The molecule has 3 atom stereocenters. The summed E-state index contributed by atoms with van der Waals surface area (Å²) < 4.78 is 87.4. The normalized spacial score (nSPS) is 17.6. The zero-order chi connectivity index (χ0) is 26.2. The van der Waals surface area contributed by atoms with Gasteiger partial charge in [0.05, 0.1) is 6.04 Å². The fourth-order valence-electron chi connectivity index (χ4n) is 3.73. The number of amides is 1. The molecule has 2 aromatic heterocycles. The molecule has 0 bridgehead atoms. The van der Waals surface area contributed by atoms with Gasteiger partial charge in [0, 0.05) is 23.5 Å². The quantitative estimate of drug-likeness (QED) is 0.429. The Kier molecular flexibility index (Phi) is 6.74. The van der Waals surface area contributed by atoms with Crippen LogP contribution in [0.4, 0.5) is 42.9 Å². The molecule has 1 aliphatic heterocycles. The van der Waals surface area contributed by atoms with Gasteiger partial charge in [-0.1, -0.05) is 0 Å². The number of pyridine rings is 1. The molecule has 13 heteroatoms. The van der Waals surface area contributed by atoms with Crippen LogP contribution in [0.15, 0.2) is 42.7 Å². The molecule has 1 aliphatic rings. The number of nitrogens with zero attached hydrogens (tertiary/aromatic N) is 4. The highest BCUT2D eigenvalue weighted by Gasteiger charge is 2.39. The number of cyclic esters (lactones) is 1. The van der Waals surface area contributed by atoms with Crippen molar-refractivity contribution in [1.82, 2.24) is 15.0 Å². The second kappa shape index (κ2) is 9.63. The van der Waals surface area contributed by atoms with Crippen molar-refractivity contribution in [3.63, 3.8) is 0 Å². The van der Waals surface area contributed by atoms with E-state index in [2.05, 4.69) is 20.3 Å². The van der Waals surface area contributed by atoms with E-state index in [1.165, 1.54) is 26.1 Å². The van der Waals surface area contributed by atoms with Crippen LogP contribution < -0.4 is 10.2 Å². The molecule has 1 fully saturated rings. The Hall–Kier alpha value is -3.90. The summed E-state index contributed by atoms with van der Waals surface area (Å²) in [5.74, 6) is -1.84. The van der Waals surface area contributed by atoms with Gasteiger partial charge in [0.2, 0.25) is 5.95 Å². The highest BCUT2D eigenvalue weighted by atomic mass is 19.4. The number of carbonyl (C=O) groups excluding carboxylic acids is 1. The smallest absolute Gasteiger partial charge is 0.433 e. The lowest BCUT2D eigenvalue weighted by molar-refractivity contribution is -0.141. The van der Waals surface area contributed by atoms with Crippen LogP contribution in [0.2, 0.25) is 0 Å². The predicted molar refractivity (Wildman–Crippen MR) is 117 cm³/mol. The Labute approximate surface area is 201 Å². The monoisotopic (exact) mass is 511 g/mol. The molecule has 0 aliphatic carbocycles. The van der Waals surface area contributed by atoms with Gasteiger partial charge in [0.25, 0.3) is 0 Å². The number of hydrogen-bond acceptors (Lipinski definition) is 6. The lowest BCUT2D eigenvalue weighted by Gasteiger charge is -2.22. The van der Waals surface area contributed by atoms with Gasteiger partial charge in [-0.25, -0.2) is 22.9 Å². The SMILES string of the molecule is C[C@H](Nc1nccc(N2C(=O)OC[C@@H]2[C@H](C)F)n1)c1cc(F)c(-c2ccnc(C(F)(F)F)c2)cc1F. The number of alkyl halides is 4. The zero-order valence-corrected chi connectivity index (χ0v) is 18.9. The summed E-state index contributed by atoms with van der Waals surface area (Å²) in [7, 11) is 0. The van der Waals surface area contributed by atoms with Crippen LogP contribution in [0, 0.1) is 11.6 Å². The minimum atomic E-state index is -4.74. The summed E-state index contributed by atoms with van der Waals surface area (Å²) in [6.07, 6.45) is -4.76. The van der Waals surface area contributed by atoms with Gasteiger partial charge in [-0.2, -0.15) is 18.2 Å². The van der Waals surface area contributed by atoms with Crippen molar-refractivity contribution < 1.29 is 35.9 Å². The van der Waals surface area contributed by atoms with Gasteiger partial charge in [0.15, 0.2) is 0 Å². The molecular formula is C23H19F6N5O2. The molecule has 36 heavy (non-hydrogen) atoms. The topological polar surface area (TPSA) is 80.2 Å². The van der Waals surface area contributed by atoms with Crippen molar-refractivity contribution in [3.8, 4) is 11.1 Å². The number of hydrogen-bond donors (Lipinski definition) is 1. The van der Waals surface area contributed by atoms with Crippen LogP contribution in [0.1, 0.15) is 31.1 Å². The van der Waals surface area contributed by atoms with Gasteiger partial charge in [-0.3, -0.25) is 9.88 Å². The first-order valence-electron chi connectivity index (χ1n) is 10.7. The summed E-state index contributed by atoms with van der Waals surface area (Å²) in [6.45, 7) is 2.61. The zero-order valence-electron chi connectivity index (χ0n) is 18.9. The van der Waals surface area contributed by atoms with E-state index in [0.29, 0.717) is 6.07 Å². The van der Waals surface area contributed by atoms with Gasteiger partial charge < -0.3 is 10.1 Å². The van der Waals surface area contributed by atoms with E-state index < -0.39 is 47.9 Å². The Morgan fingerprint density at radius 2 is 1.81 bits per heavy atom. The fraction of sp³-hybridized carbons (Fsp3) is 0.304. The average molecular weight is 511 g/mol. The lowest BCUT2D eigenvalue weighted by Crippen LogP contribution is -2.39. The van der Waals surface area contributed by atoms with Crippen molar-refractivity contribution in [3.05, 3.63) is 65.6 Å². The summed E-state index contributed by atoms with van der Waals surface area (Å²) >= 11 is 0. The van der Waals surface area contributed by atoms with Gasteiger partial charge in [0.1, 0.15) is 42.0 Å². The summed E-state index contributed by atoms with van der Waals surface area (Å²) in [5, 5.41) is 2.78. The number of benzene rings is 1. The highest BCUT2D eigenvalue weighted by Crippen LogP contribution is 2.33. The van der Waals surface area contributed by atoms with Crippen molar-refractivity contribution in [2.75, 3.05) is 16.8 Å². The molecule has 1 amide bonds. The number of carbonyl (C=O) groups is 1. The third-order valence-electron chi connectivity index (χ3n) is 5.58. The molecule has 7 nitrogen and oxygen atoms in total. The minimum Gasteiger partial charge on any atom is -0.447 e. The Bertz CT molecular complexity index is 1290. The second-order valence-electron chi connectivity index (χ2n) is 8.08. The first kappa shape index (κ1) is 25.2. The van der Waals surface area contributed by atoms with E-state index in [1.54, 1.807) is 0 Å². The Morgan fingerprint density at radius 1 is 1.08 bits per heavy atom. The maximum Gasteiger partial charge on any atom is 0.433 e. The van der Waals surface area contributed by atoms with Crippen LogP contribution in [0.5, 0.6) is 0 Å². The molecule has 3 aromatic rings. The number of rotatable bonds is 6. The first-order valence-corrected chi connectivity index (χ1v) is 10.7. The molecule has 0 saturated carbocycles. The molecule has 0 radical (unpaired) electrons. The van der Waals surface area contributed by atoms with E-state index in [-0.39, 0.29) is 35.1 Å². The maximum atomic E-state index is 14.9. The molecule has 190 valence electrons. The lowest BCUT2D eigenvalue weighted by atomic mass is 10.00. The first-order chi connectivity index (χ1) is 17.0. The van der Waals surface area contributed by atoms with Crippen molar-refractivity contribution >= 4 is 17.9 Å². The average Bonchev–Trinajstić information content (AvgIpc) is 3.21. The Balaban J connectivity index is 1.58. The summed E-state index contributed by atoms with van der Waals surface area (Å²) in [4.78, 5) is 24.5. The summed E-state index contributed by atoms with van der Waals surface area (Å²) in [6, 6.07) is 3.02. The summed E-state index contributed by atoms with van der Waals surface area (Å²) in [5.41, 5.74) is -1.94. The highest BCUT2D eigenvalue weighted by molar-refractivity contribution is 5.89. The fourth-order valence-corrected chi connectivity index (χ4v) is 3.73. The third kappa shape index (κ3) is 5.04. The van der Waals surface area contributed by atoms with E-state index in [9.17, 15) is 31.1 Å². The third-order valence-corrected chi connectivity index (χ3v) is 5.58. The maximum absolute atomic E-state index is 14.9. The van der Waals surface area contributed by atoms with Gasteiger partial charge >= 0.3 is 12.3 Å². The predicted octanol–water partition coefficient (Wildman–Crippen LogP) is 5.69. The number of anilines is 2. The Morgan fingerprint density at radius 3 is 2.50 bits per heavy atom. The van der Waals surface area contributed by atoms with Crippen LogP contribution in [-0.2, 0) is 10.9 Å². The molecule has 0 unspecified atom stereocenters. The van der Waals surface area contributed by atoms with Crippen LogP contribution in [0.25, 0.3) is 11.1 Å². The number of ether oxygens (including phenoxy) is 1. The van der Waals surface area contributed by atoms with E-state index in [4.69, 9.17) is 4.74 Å². The number of nitrogens with one attached hydrogen (secondary N) is 1. The van der Waals surface area contributed by atoms with E-state index >= 15 is 0 Å². The number of aromatic nitrogens is 3. The number of halogens is 6. The van der Waals surface area contributed by atoms with Crippen LogP contribution in [-0.4, -0.2) is 39.9 Å². The van der Waals surface area contributed by atoms with Gasteiger partial charge in [-0.05, 0) is 49.7 Å². The van der Waals surface area contributed by atoms with E-state index in [0.717, 1.165) is 29.3 Å². The molecule has 1 N–H and O–H groups in total. The second-order valence-corrected chi connectivity index (χ2v) is 8.08. The molecule has 0 spiro atoms. The van der Waals surface area contributed by atoms with Crippen LogP contribution in [0.3, 0.4) is 0 Å². The molecule has 4 rings (SSSR count). The van der Waals surface area contributed by atoms with Gasteiger partial charge in [-0.15, -0.1) is 0 Å². The van der Waals surface area contributed by atoms with E-state index in [1.807, 2.05) is 0 Å². The molecule has 3 heterocycles. The largest absolute Gasteiger partial charge is 0.447 e. The molecular weight excluding hydrogens is 492 g/mol. The van der Waals surface area contributed by atoms with Crippen LogP contribution >= 0.6 is 0 Å². The van der Waals surface area contributed by atoms with Crippen molar-refractivity contribution in [1.29, 1.82) is 0 Å². The molecule has 1 aromatic carbocycles.